The molecule has 4 bridgehead atoms. The molecule has 1 aliphatic heterocycles. The van der Waals surface area contributed by atoms with Gasteiger partial charge in [-0.2, -0.15) is 0 Å². The van der Waals surface area contributed by atoms with E-state index in [9.17, 15) is 4.79 Å². The Morgan fingerprint density at radius 1 is 1.00 bits per heavy atom. The first kappa shape index (κ1) is 17.0. The number of thioether (sulfide) groups is 1. The average Bonchev–Trinajstić information content (AvgIpc) is 2.67. The van der Waals surface area contributed by atoms with Gasteiger partial charge in [0, 0.05) is 44.1 Å². The molecule has 6 rings (SSSR count). The van der Waals surface area contributed by atoms with Crippen LogP contribution in [0.4, 0.5) is 0 Å². The standard InChI is InChI=1S/C20H28N4OS/c1-26-19-21-12-17(13-22-19)18(25)23-2-4-24(5-3-23)20-9-14-6-15(10-20)8-16(7-14)11-20/h12-16H,2-11H2,1H3. The van der Waals surface area contributed by atoms with E-state index in [1.807, 2.05) is 11.2 Å². The van der Waals surface area contributed by atoms with Crippen molar-refractivity contribution in [3.63, 3.8) is 0 Å². The van der Waals surface area contributed by atoms with Gasteiger partial charge in [-0.15, -0.1) is 0 Å². The van der Waals surface area contributed by atoms with Gasteiger partial charge >= 0.3 is 0 Å². The van der Waals surface area contributed by atoms with Crippen molar-refractivity contribution in [1.29, 1.82) is 0 Å². The maximum absolute atomic E-state index is 12.8. The highest BCUT2D eigenvalue weighted by molar-refractivity contribution is 7.98. The van der Waals surface area contributed by atoms with Crippen molar-refractivity contribution >= 4 is 17.7 Å². The van der Waals surface area contributed by atoms with E-state index in [4.69, 9.17) is 0 Å². The summed E-state index contributed by atoms with van der Waals surface area (Å²) in [7, 11) is 0. The molecule has 0 atom stereocenters. The van der Waals surface area contributed by atoms with Crippen LogP contribution in [0.5, 0.6) is 0 Å². The van der Waals surface area contributed by atoms with Gasteiger partial charge < -0.3 is 4.90 Å². The van der Waals surface area contributed by atoms with Gasteiger partial charge in [0.2, 0.25) is 0 Å². The topological polar surface area (TPSA) is 49.3 Å². The van der Waals surface area contributed by atoms with Crippen molar-refractivity contribution in [2.45, 2.75) is 49.2 Å². The monoisotopic (exact) mass is 372 g/mol. The van der Waals surface area contributed by atoms with E-state index in [1.165, 1.54) is 50.3 Å². The average molecular weight is 373 g/mol. The van der Waals surface area contributed by atoms with Crippen molar-refractivity contribution in [2.75, 3.05) is 32.4 Å². The normalized spacial score (nSPS) is 36.5. The van der Waals surface area contributed by atoms with Crippen molar-refractivity contribution < 1.29 is 4.79 Å². The number of aromatic nitrogens is 2. The third-order valence-corrected chi connectivity index (χ3v) is 7.88. The molecule has 1 amide bonds. The lowest BCUT2D eigenvalue weighted by molar-refractivity contribution is -0.0987. The smallest absolute Gasteiger partial charge is 0.257 e. The van der Waals surface area contributed by atoms with Crippen LogP contribution in [0.15, 0.2) is 17.6 Å². The maximum atomic E-state index is 12.8. The lowest BCUT2D eigenvalue weighted by Crippen LogP contribution is -2.64. The van der Waals surface area contributed by atoms with Gasteiger partial charge in [0.1, 0.15) is 0 Å². The molecule has 0 unspecified atom stereocenters. The van der Waals surface area contributed by atoms with Crippen LogP contribution in [0.25, 0.3) is 0 Å². The maximum Gasteiger partial charge on any atom is 0.257 e. The molecule has 5 fully saturated rings. The number of carbonyl (C=O) groups excluding carboxylic acids is 1. The molecule has 1 aromatic heterocycles. The van der Waals surface area contributed by atoms with E-state index in [0.717, 1.165) is 43.9 Å². The van der Waals surface area contributed by atoms with Crippen molar-refractivity contribution in [1.82, 2.24) is 19.8 Å². The van der Waals surface area contributed by atoms with Crippen LogP contribution in [0.3, 0.4) is 0 Å². The first-order valence-corrected chi connectivity index (χ1v) is 11.3. The molecule has 2 heterocycles. The zero-order chi connectivity index (χ0) is 17.7. The summed E-state index contributed by atoms with van der Waals surface area (Å²) in [6.07, 6.45) is 14.0. The molecular formula is C20H28N4OS. The highest BCUT2D eigenvalue weighted by Crippen LogP contribution is 2.57. The third-order valence-electron chi connectivity index (χ3n) is 7.30. The molecule has 0 spiro atoms. The summed E-state index contributed by atoms with van der Waals surface area (Å²) < 4.78 is 0. The first-order valence-electron chi connectivity index (χ1n) is 10.1. The second-order valence-corrected chi connectivity index (χ2v) is 9.65. The zero-order valence-electron chi connectivity index (χ0n) is 15.6. The number of piperazine rings is 1. The van der Waals surface area contributed by atoms with Crippen molar-refractivity contribution in [2.24, 2.45) is 17.8 Å². The van der Waals surface area contributed by atoms with Gasteiger partial charge in [-0.3, -0.25) is 9.69 Å². The van der Waals surface area contributed by atoms with E-state index in [-0.39, 0.29) is 5.91 Å². The predicted octanol–water partition coefficient (Wildman–Crippen LogP) is 2.93. The summed E-state index contributed by atoms with van der Waals surface area (Å²) in [6, 6.07) is 0. The largest absolute Gasteiger partial charge is 0.336 e. The molecule has 26 heavy (non-hydrogen) atoms. The summed E-state index contributed by atoms with van der Waals surface area (Å²) in [5.74, 6) is 3.02. The first-order chi connectivity index (χ1) is 12.6. The van der Waals surface area contributed by atoms with Crippen LogP contribution in [-0.2, 0) is 0 Å². The molecule has 140 valence electrons. The Hall–Kier alpha value is -1.14. The fourth-order valence-corrected chi connectivity index (χ4v) is 6.87. The molecule has 0 N–H and O–H groups in total. The Kier molecular flexibility index (Phi) is 4.24. The van der Waals surface area contributed by atoms with E-state index in [1.54, 1.807) is 12.4 Å². The number of rotatable bonds is 3. The summed E-state index contributed by atoms with van der Waals surface area (Å²) in [5, 5.41) is 0.716. The van der Waals surface area contributed by atoms with Crippen molar-refractivity contribution in [3.8, 4) is 0 Å². The fraction of sp³-hybridized carbons (Fsp3) is 0.750. The molecule has 4 saturated carbocycles. The van der Waals surface area contributed by atoms with E-state index >= 15 is 0 Å². The Balaban J connectivity index is 1.24. The molecule has 1 aromatic rings. The SMILES string of the molecule is CSc1ncc(C(=O)N2CCN(C34CC5CC(CC(C5)C3)C4)CC2)cn1. The number of hydrogen-bond acceptors (Lipinski definition) is 5. The number of nitrogens with zero attached hydrogens (tertiary/aromatic N) is 4. The van der Waals surface area contributed by atoms with Gasteiger partial charge in [0.05, 0.1) is 5.56 Å². The lowest BCUT2D eigenvalue weighted by Gasteiger charge is -2.61. The second-order valence-electron chi connectivity index (χ2n) is 8.88. The Morgan fingerprint density at radius 2 is 1.54 bits per heavy atom. The van der Waals surface area contributed by atoms with E-state index < -0.39 is 0 Å². The fourth-order valence-electron chi connectivity index (χ4n) is 6.55. The summed E-state index contributed by atoms with van der Waals surface area (Å²) >= 11 is 1.50. The van der Waals surface area contributed by atoms with Crippen LogP contribution < -0.4 is 0 Å². The molecule has 5 nitrogen and oxygen atoms in total. The molecule has 5 aliphatic rings. The highest BCUT2D eigenvalue weighted by Gasteiger charge is 2.53. The number of hydrogen-bond donors (Lipinski definition) is 0. The summed E-state index contributed by atoms with van der Waals surface area (Å²) in [4.78, 5) is 26.0. The van der Waals surface area contributed by atoms with Crippen LogP contribution in [-0.4, -0.2) is 63.6 Å². The molecular weight excluding hydrogens is 344 g/mol. The zero-order valence-corrected chi connectivity index (χ0v) is 16.4. The Morgan fingerprint density at radius 3 is 2.04 bits per heavy atom. The number of carbonyl (C=O) groups is 1. The minimum Gasteiger partial charge on any atom is -0.336 e. The molecule has 0 radical (unpaired) electrons. The van der Waals surface area contributed by atoms with Crippen molar-refractivity contribution in [3.05, 3.63) is 18.0 Å². The van der Waals surface area contributed by atoms with E-state index in [2.05, 4.69) is 14.9 Å². The Bertz CT molecular complexity index is 648. The van der Waals surface area contributed by atoms with Gasteiger partial charge in [0.15, 0.2) is 5.16 Å². The summed E-state index contributed by atoms with van der Waals surface area (Å²) in [6.45, 7) is 3.74. The minimum atomic E-state index is 0.0859. The van der Waals surface area contributed by atoms with Gasteiger partial charge in [0.25, 0.3) is 5.91 Å². The molecule has 1 saturated heterocycles. The predicted molar refractivity (Wildman–Crippen MR) is 102 cm³/mol. The van der Waals surface area contributed by atoms with Crippen LogP contribution in [0, 0.1) is 17.8 Å². The van der Waals surface area contributed by atoms with Crippen LogP contribution in [0.2, 0.25) is 0 Å². The lowest BCUT2D eigenvalue weighted by atomic mass is 9.52. The Labute approximate surface area is 159 Å². The van der Waals surface area contributed by atoms with Gasteiger partial charge in [-0.05, 0) is 62.5 Å². The quantitative estimate of drug-likeness (QED) is 0.603. The van der Waals surface area contributed by atoms with Crippen LogP contribution >= 0.6 is 11.8 Å². The van der Waals surface area contributed by atoms with Gasteiger partial charge in [-0.1, -0.05) is 11.8 Å². The van der Waals surface area contributed by atoms with Gasteiger partial charge in [-0.25, -0.2) is 9.97 Å². The van der Waals surface area contributed by atoms with E-state index in [0.29, 0.717) is 16.3 Å². The molecule has 0 aromatic carbocycles. The molecule has 6 heteroatoms. The highest BCUT2D eigenvalue weighted by atomic mass is 32.2. The third kappa shape index (κ3) is 2.85. The number of amides is 1. The van der Waals surface area contributed by atoms with Crippen LogP contribution in [0.1, 0.15) is 48.9 Å². The summed E-state index contributed by atoms with van der Waals surface area (Å²) in [5.41, 5.74) is 1.08. The molecule has 4 aliphatic carbocycles. The minimum absolute atomic E-state index is 0.0859. The second kappa shape index (κ2) is 6.48.